The average Bonchev–Trinajstić information content (AvgIpc) is 3.53. The second-order valence-corrected chi connectivity index (χ2v) is 21.8. The molecule has 6 amide bonds. The van der Waals surface area contributed by atoms with Crippen LogP contribution in [0.1, 0.15) is 92.9 Å². The Hall–Kier alpha value is -5.33. The largest absolute Gasteiger partial charge is 0.481 e. The van der Waals surface area contributed by atoms with Crippen LogP contribution in [-0.2, 0) is 61.8 Å². The molecule has 4 fully saturated rings. The van der Waals surface area contributed by atoms with Crippen molar-refractivity contribution in [3.05, 3.63) is 36.5 Å². The van der Waals surface area contributed by atoms with E-state index in [0.717, 1.165) is 6.42 Å². The molecule has 11 unspecified atom stereocenters. The van der Waals surface area contributed by atoms with Gasteiger partial charge in [0.15, 0.2) is 0 Å². The first-order valence-corrected chi connectivity index (χ1v) is 28.0. The van der Waals surface area contributed by atoms with Crippen LogP contribution in [0, 0.1) is 46.3 Å². The number of hydrogen-bond acceptors (Lipinski definition) is 16. The van der Waals surface area contributed by atoms with E-state index in [1.54, 1.807) is 20.8 Å². The van der Waals surface area contributed by atoms with E-state index in [2.05, 4.69) is 72.4 Å². The summed E-state index contributed by atoms with van der Waals surface area (Å²) in [6.45, 7) is 27.2. The molecule has 0 bridgehead atoms. The van der Waals surface area contributed by atoms with Gasteiger partial charge in [-0.3, -0.25) is 19.2 Å². The van der Waals surface area contributed by atoms with E-state index in [-0.39, 0.29) is 118 Å². The van der Waals surface area contributed by atoms with Gasteiger partial charge < -0.3 is 79.6 Å². The van der Waals surface area contributed by atoms with Crippen LogP contribution in [0.4, 0.5) is 14.4 Å². The molecule has 23 nitrogen and oxygen atoms in total. The number of carbonyl (C=O) groups is 7. The van der Waals surface area contributed by atoms with Crippen molar-refractivity contribution in [3.8, 4) is 0 Å². The Morgan fingerprint density at radius 2 is 0.937 bits per heavy atom. The van der Waals surface area contributed by atoms with Crippen molar-refractivity contribution in [2.75, 3.05) is 119 Å². The van der Waals surface area contributed by atoms with Crippen molar-refractivity contribution in [3.63, 3.8) is 0 Å². The lowest BCUT2D eigenvalue weighted by Crippen LogP contribution is -2.70. The summed E-state index contributed by atoms with van der Waals surface area (Å²) < 4.78 is 52.4. The molecule has 4 saturated carbocycles. The van der Waals surface area contributed by atoms with Gasteiger partial charge in [-0.15, -0.1) is 0 Å². The number of ether oxygens (including phenoxy) is 9. The van der Waals surface area contributed by atoms with E-state index in [1.807, 2.05) is 0 Å². The van der Waals surface area contributed by atoms with Crippen LogP contribution in [0.15, 0.2) is 36.5 Å². The third-order valence-corrected chi connectivity index (χ3v) is 16.2. The molecule has 0 saturated heterocycles. The standard InChI is InChI=1S/C56H92N6O17/c1-36(2)49(65)57-14-20-71-26-29-74-23-17-60-52(68)77-41-12-13-55(8)40(32-41)33-45(78-53(69)61-18-24-75-30-27-72-21-15-58-50(66)37(3)4)48-43(55)35-46(56(9)42(34-44(48)56)39(7)10-11-47(63)64)79-54(70)62-19-25-76-31-28-73-22-16-59-51(67)38(5)6/h39-46,48H,1,3,5,10-35H2,2,4,6-9H3,(H,57,65)(H,58,66)(H,59,67)(H,60,68)(H,61,69)(H,62,70)(H,63,64). The van der Waals surface area contributed by atoms with E-state index in [9.17, 15) is 38.7 Å². The van der Waals surface area contributed by atoms with Crippen LogP contribution >= 0.6 is 0 Å². The number of aliphatic carboxylic acids is 1. The van der Waals surface area contributed by atoms with Crippen molar-refractivity contribution >= 4 is 42.0 Å². The summed E-state index contributed by atoms with van der Waals surface area (Å²) in [6, 6.07) is 0. The molecule has 4 aliphatic rings. The molecular formula is C56H92N6O17. The van der Waals surface area contributed by atoms with Gasteiger partial charge in [-0.05, 0) is 101 Å². The molecule has 11 atom stereocenters. The number of alkyl carbamates (subject to hydrolysis) is 3. The van der Waals surface area contributed by atoms with Gasteiger partial charge in [-0.25, -0.2) is 14.4 Å². The molecule has 0 aliphatic heterocycles. The van der Waals surface area contributed by atoms with Crippen LogP contribution in [0.2, 0.25) is 0 Å². The van der Waals surface area contributed by atoms with Crippen molar-refractivity contribution < 1.29 is 81.3 Å². The second kappa shape index (κ2) is 34.1. The third kappa shape index (κ3) is 21.3. The summed E-state index contributed by atoms with van der Waals surface area (Å²) in [5.74, 6) is -1.78. The molecule has 448 valence electrons. The number of amides is 6. The molecule has 4 rings (SSSR count). The summed E-state index contributed by atoms with van der Waals surface area (Å²) in [6.07, 6.45) is 0.853. The zero-order valence-corrected chi connectivity index (χ0v) is 47.7. The molecule has 0 aromatic rings. The molecule has 0 aromatic heterocycles. The van der Waals surface area contributed by atoms with Crippen LogP contribution in [0.3, 0.4) is 0 Å². The highest BCUT2D eigenvalue weighted by atomic mass is 16.6. The predicted molar refractivity (Wildman–Crippen MR) is 291 cm³/mol. The molecule has 79 heavy (non-hydrogen) atoms. The first-order valence-electron chi connectivity index (χ1n) is 28.0. The molecule has 0 aromatic carbocycles. The zero-order chi connectivity index (χ0) is 58.0. The number of carboxylic acids is 1. The van der Waals surface area contributed by atoms with Crippen LogP contribution in [0.5, 0.6) is 0 Å². The minimum atomic E-state index is -0.876. The first-order chi connectivity index (χ1) is 37.7. The Labute approximate surface area is 466 Å². The summed E-state index contributed by atoms with van der Waals surface area (Å²) in [5.41, 5.74) is 0.379. The van der Waals surface area contributed by atoms with E-state index in [1.165, 1.54) is 0 Å². The molecule has 23 heteroatoms. The quantitative estimate of drug-likeness (QED) is 0.0257. The number of nitrogens with one attached hydrogen (secondary N) is 6. The Bertz CT molecular complexity index is 2040. The minimum Gasteiger partial charge on any atom is -0.481 e. The van der Waals surface area contributed by atoms with E-state index >= 15 is 0 Å². The fourth-order valence-corrected chi connectivity index (χ4v) is 11.9. The van der Waals surface area contributed by atoms with Crippen LogP contribution in [0.25, 0.3) is 0 Å². The Balaban J connectivity index is 1.40. The van der Waals surface area contributed by atoms with Gasteiger partial charge in [0.1, 0.15) is 18.3 Å². The van der Waals surface area contributed by atoms with E-state index < -0.39 is 48.0 Å². The molecular weight excluding hydrogens is 1030 g/mol. The Morgan fingerprint density at radius 1 is 0.532 bits per heavy atom. The highest BCUT2D eigenvalue weighted by molar-refractivity contribution is 5.92. The molecule has 0 heterocycles. The van der Waals surface area contributed by atoms with Gasteiger partial charge in [0.25, 0.3) is 0 Å². The Morgan fingerprint density at radius 3 is 1.35 bits per heavy atom. The van der Waals surface area contributed by atoms with E-state index in [0.29, 0.717) is 121 Å². The predicted octanol–water partition coefficient (Wildman–Crippen LogP) is 4.44. The van der Waals surface area contributed by atoms with Crippen molar-refractivity contribution in [1.29, 1.82) is 0 Å². The third-order valence-electron chi connectivity index (χ3n) is 16.2. The summed E-state index contributed by atoms with van der Waals surface area (Å²) in [4.78, 5) is 87.4. The molecule has 4 aliphatic carbocycles. The second-order valence-electron chi connectivity index (χ2n) is 21.8. The SMILES string of the molecule is C=C(C)C(=O)NCCOCCOCCNC(=O)OC1CCC2(C)C(C1)CC(OC(=O)NCCOCCOCCNC(=O)C(=C)C)C1C2CC(OC(=O)NCCOCCOCCNC(=O)C(=C)C)C2(C)C(C(C)CCC(=O)O)CC12. The number of rotatable bonds is 37. The molecule has 7 N–H and O–H groups in total. The lowest BCUT2D eigenvalue weighted by Gasteiger charge is -2.70. The summed E-state index contributed by atoms with van der Waals surface area (Å²) in [5, 5.41) is 26.2. The minimum absolute atomic E-state index is 0.00136. The average molecular weight is 1120 g/mol. The van der Waals surface area contributed by atoms with Gasteiger partial charge in [-0.1, -0.05) is 40.5 Å². The van der Waals surface area contributed by atoms with Crippen molar-refractivity contribution in [1.82, 2.24) is 31.9 Å². The van der Waals surface area contributed by atoms with Crippen LogP contribution in [-0.4, -0.2) is 184 Å². The van der Waals surface area contributed by atoms with Gasteiger partial charge in [-0.2, -0.15) is 0 Å². The van der Waals surface area contributed by atoms with E-state index in [4.69, 9.17) is 42.6 Å². The maximum atomic E-state index is 13.8. The first kappa shape index (κ1) is 66.2. The Kier molecular flexibility index (Phi) is 28.5. The van der Waals surface area contributed by atoms with Gasteiger partial charge in [0.05, 0.1) is 79.3 Å². The summed E-state index contributed by atoms with van der Waals surface area (Å²) in [7, 11) is 0. The van der Waals surface area contributed by atoms with Crippen molar-refractivity contribution in [2.45, 2.75) is 111 Å². The highest BCUT2D eigenvalue weighted by Crippen LogP contribution is 2.71. The normalized spacial score (nSPS) is 25.9. The lowest BCUT2D eigenvalue weighted by atomic mass is 9.35. The smallest absolute Gasteiger partial charge is 0.407 e. The number of fused-ring (bicyclic) bond motifs is 5. The van der Waals surface area contributed by atoms with Gasteiger partial charge in [0.2, 0.25) is 17.7 Å². The number of hydrogen-bond donors (Lipinski definition) is 7. The molecule has 0 spiro atoms. The van der Waals surface area contributed by atoms with Gasteiger partial charge >= 0.3 is 24.2 Å². The number of carboxylic acid groups (broad SMARTS) is 1. The van der Waals surface area contributed by atoms with Crippen LogP contribution < -0.4 is 31.9 Å². The fourth-order valence-electron chi connectivity index (χ4n) is 11.9. The highest BCUT2D eigenvalue weighted by Gasteiger charge is 2.70. The fraction of sp³-hybridized carbons (Fsp3) is 0.768. The topological polar surface area (TPSA) is 295 Å². The summed E-state index contributed by atoms with van der Waals surface area (Å²) >= 11 is 0. The molecule has 0 radical (unpaired) electrons. The van der Waals surface area contributed by atoms with Gasteiger partial charge in [0, 0.05) is 73.7 Å². The lowest BCUT2D eigenvalue weighted by molar-refractivity contribution is -0.265. The maximum Gasteiger partial charge on any atom is 0.407 e. The number of carbonyl (C=O) groups excluding carboxylic acids is 6. The van der Waals surface area contributed by atoms with Crippen molar-refractivity contribution in [2.24, 2.45) is 46.3 Å². The monoisotopic (exact) mass is 1120 g/mol. The maximum absolute atomic E-state index is 13.8. The zero-order valence-electron chi connectivity index (χ0n) is 47.7.